The Labute approximate surface area is 92.3 Å². The van der Waals surface area contributed by atoms with Crippen molar-refractivity contribution in [1.82, 2.24) is 5.32 Å². The fourth-order valence-corrected chi connectivity index (χ4v) is 2.35. The molecule has 15 heavy (non-hydrogen) atoms. The Morgan fingerprint density at radius 2 is 2.20 bits per heavy atom. The average molecular weight is 204 g/mol. The lowest BCUT2D eigenvalue weighted by Crippen LogP contribution is -2.27. The van der Waals surface area contributed by atoms with Crippen molar-refractivity contribution in [3.05, 3.63) is 29.8 Å². The zero-order valence-corrected chi connectivity index (χ0v) is 9.66. The number of nitrogens with one attached hydrogen (secondary N) is 1. The summed E-state index contributed by atoms with van der Waals surface area (Å²) in [6.07, 6.45) is 1.32. The number of rotatable bonds is 3. The first-order valence-electron chi connectivity index (χ1n) is 5.75. The molecule has 0 aromatic heterocycles. The molecule has 1 aromatic carbocycles. The van der Waals surface area contributed by atoms with Crippen molar-refractivity contribution in [2.75, 3.05) is 31.6 Å². The van der Waals surface area contributed by atoms with Crippen LogP contribution in [0.15, 0.2) is 24.3 Å². The first-order chi connectivity index (χ1) is 7.27. The molecular weight excluding hydrogens is 184 g/mol. The summed E-state index contributed by atoms with van der Waals surface area (Å²) in [4.78, 5) is 2.38. The van der Waals surface area contributed by atoms with E-state index >= 15 is 0 Å². The second kappa shape index (κ2) is 4.67. The van der Waals surface area contributed by atoms with Crippen molar-refractivity contribution in [2.45, 2.75) is 13.3 Å². The Balaban J connectivity index is 2.00. The standard InChI is InChI=1S/C13H20N2/c1-11-5-3-4-6-13(11)15(2)10-12-7-8-14-9-12/h3-6,12,14H,7-10H2,1-2H3. The van der Waals surface area contributed by atoms with Crippen molar-refractivity contribution < 1.29 is 0 Å². The predicted molar refractivity (Wildman–Crippen MR) is 65.4 cm³/mol. The van der Waals surface area contributed by atoms with Gasteiger partial charge in [0.1, 0.15) is 0 Å². The van der Waals surface area contributed by atoms with E-state index in [1.54, 1.807) is 0 Å². The van der Waals surface area contributed by atoms with Crippen LogP contribution in [-0.2, 0) is 0 Å². The minimum absolute atomic E-state index is 0.814. The van der Waals surface area contributed by atoms with Gasteiger partial charge in [0.25, 0.3) is 0 Å². The molecule has 1 aliphatic heterocycles. The third-order valence-electron chi connectivity index (χ3n) is 3.22. The van der Waals surface area contributed by atoms with Crippen LogP contribution in [0.3, 0.4) is 0 Å². The SMILES string of the molecule is Cc1ccccc1N(C)CC1CCNC1. The highest BCUT2D eigenvalue weighted by molar-refractivity contribution is 5.52. The summed E-state index contributed by atoms with van der Waals surface area (Å²) in [5.74, 6) is 0.814. The molecule has 1 heterocycles. The molecule has 2 nitrogen and oxygen atoms in total. The van der Waals surface area contributed by atoms with Crippen LogP contribution in [0.25, 0.3) is 0 Å². The van der Waals surface area contributed by atoms with E-state index < -0.39 is 0 Å². The van der Waals surface area contributed by atoms with Gasteiger partial charge in [0.2, 0.25) is 0 Å². The van der Waals surface area contributed by atoms with Crippen molar-refractivity contribution >= 4 is 5.69 Å². The monoisotopic (exact) mass is 204 g/mol. The van der Waals surface area contributed by atoms with Gasteiger partial charge >= 0.3 is 0 Å². The number of hydrogen-bond acceptors (Lipinski definition) is 2. The Bertz CT molecular complexity index is 316. The maximum Gasteiger partial charge on any atom is 0.0393 e. The number of aryl methyl sites for hydroxylation is 1. The largest absolute Gasteiger partial charge is 0.374 e. The van der Waals surface area contributed by atoms with Gasteiger partial charge in [-0.3, -0.25) is 0 Å². The molecule has 1 unspecified atom stereocenters. The van der Waals surface area contributed by atoms with Crippen LogP contribution >= 0.6 is 0 Å². The molecule has 82 valence electrons. The molecular formula is C13H20N2. The third-order valence-corrected chi connectivity index (χ3v) is 3.22. The second-order valence-corrected chi connectivity index (χ2v) is 4.53. The number of anilines is 1. The maximum atomic E-state index is 3.42. The number of hydrogen-bond donors (Lipinski definition) is 1. The van der Waals surface area contributed by atoms with Crippen molar-refractivity contribution in [3.8, 4) is 0 Å². The Kier molecular flexibility index (Phi) is 3.27. The zero-order valence-electron chi connectivity index (χ0n) is 9.66. The van der Waals surface area contributed by atoms with Crippen molar-refractivity contribution in [3.63, 3.8) is 0 Å². The van der Waals surface area contributed by atoms with Gasteiger partial charge in [0, 0.05) is 19.3 Å². The van der Waals surface area contributed by atoms with Crippen LogP contribution in [0.4, 0.5) is 5.69 Å². The van der Waals surface area contributed by atoms with Crippen molar-refractivity contribution in [1.29, 1.82) is 0 Å². The van der Waals surface area contributed by atoms with Crippen LogP contribution in [0.2, 0.25) is 0 Å². The smallest absolute Gasteiger partial charge is 0.0393 e. The molecule has 1 aromatic rings. The van der Waals surface area contributed by atoms with Crippen LogP contribution in [0.5, 0.6) is 0 Å². The van der Waals surface area contributed by atoms with Gasteiger partial charge in [-0.2, -0.15) is 0 Å². The topological polar surface area (TPSA) is 15.3 Å². The number of benzene rings is 1. The fraction of sp³-hybridized carbons (Fsp3) is 0.538. The van der Waals surface area contributed by atoms with E-state index in [-0.39, 0.29) is 0 Å². The quantitative estimate of drug-likeness (QED) is 0.810. The first kappa shape index (κ1) is 10.5. The minimum Gasteiger partial charge on any atom is -0.374 e. The molecule has 0 amide bonds. The van der Waals surface area contributed by atoms with E-state index in [9.17, 15) is 0 Å². The summed E-state index contributed by atoms with van der Waals surface area (Å²) < 4.78 is 0. The van der Waals surface area contributed by atoms with Gasteiger partial charge < -0.3 is 10.2 Å². The second-order valence-electron chi connectivity index (χ2n) is 4.53. The van der Waals surface area contributed by atoms with Crippen molar-refractivity contribution in [2.24, 2.45) is 5.92 Å². The summed E-state index contributed by atoms with van der Waals surface area (Å²) in [5, 5.41) is 3.42. The highest BCUT2D eigenvalue weighted by Crippen LogP contribution is 2.20. The highest BCUT2D eigenvalue weighted by atomic mass is 15.1. The van der Waals surface area contributed by atoms with E-state index in [2.05, 4.69) is 48.5 Å². The highest BCUT2D eigenvalue weighted by Gasteiger charge is 2.16. The van der Waals surface area contributed by atoms with Gasteiger partial charge in [-0.05, 0) is 44.0 Å². The molecule has 2 heteroatoms. The molecule has 1 atom stereocenters. The number of para-hydroxylation sites is 1. The van der Waals surface area contributed by atoms with Gasteiger partial charge in [-0.1, -0.05) is 18.2 Å². The molecule has 1 fully saturated rings. The lowest BCUT2D eigenvalue weighted by atomic mass is 10.1. The maximum absolute atomic E-state index is 3.42. The lowest BCUT2D eigenvalue weighted by Gasteiger charge is -2.24. The molecule has 0 aliphatic carbocycles. The van der Waals surface area contributed by atoms with Gasteiger partial charge in [0.05, 0.1) is 0 Å². The Morgan fingerprint density at radius 3 is 2.87 bits per heavy atom. The van der Waals surface area contributed by atoms with E-state index in [0.717, 1.165) is 12.5 Å². The van der Waals surface area contributed by atoms with Crippen LogP contribution < -0.4 is 10.2 Å². The summed E-state index contributed by atoms with van der Waals surface area (Å²) >= 11 is 0. The Hall–Kier alpha value is -1.02. The van der Waals surface area contributed by atoms with E-state index in [1.165, 1.54) is 30.8 Å². The lowest BCUT2D eigenvalue weighted by molar-refractivity contribution is 0.578. The van der Waals surface area contributed by atoms with Gasteiger partial charge in [-0.25, -0.2) is 0 Å². The molecule has 1 N–H and O–H groups in total. The molecule has 0 bridgehead atoms. The molecule has 1 aliphatic rings. The molecule has 0 saturated carbocycles. The summed E-state index contributed by atoms with van der Waals surface area (Å²) in [7, 11) is 2.20. The molecule has 0 spiro atoms. The summed E-state index contributed by atoms with van der Waals surface area (Å²) in [5.41, 5.74) is 2.73. The number of nitrogens with zero attached hydrogens (tertiary/aromatic N) is 1. The summed E-state index contributed by atoms with van der Waals surface area (Å²) in [6, 6.07) is 8.60. The Morgan fingerprint density at radius 1 is 1.40 bits per heavy atom. The summed E-state index contributed by atoms with van der Waals surface area (Å²) in [6.45, 7) is 5.71. The zero-order chi connectivity index (χ0) is 10.7. The normalized spacial score (nSPS) is 20.5. The van der Waals surface area contributed by atoms with E-state index in [0.29, 0.717) is 0 Å². The molecule has 0 radical (unpaired) electrons. The minimum atomic E-state index is 0.814. The third kappa shape index (κ3) is 2.51. The van der Waals surface area contributed by atoms with E-state index in [1.807, 2.05) is 0 Å². The van der Waals surface area contributed by atoms with Gasteiger partial charge in [0.15, 0.2) is 0 Å². The molecule has 2 rings (SSSR count). The van der Waals surface area contributed by atoms with Crippen LogP contribution in [-0.4, -0.2) is 26.7 Å². The van der Waals surface area contributed by atoms with Crippen LogP contribution in [0.1, 0.15) is 12.0 Å². The average Bonchev–Trinajstić information content (AvgIpc) is 2.71. The fourth-order valence-electron chi connectivity index (χ4n) is 2.35. The van der Waals surface area contributed by atoms with Crippen LogP contribution in [0, 0.1) is 12.8 Å². The predicted octanol–water partition coefficient (Wildman–Crippen LogP) is 2.04. The van der Waals surface area contributed by atoms with Gasteiger partial charge in [-0.15, -0.1) is 0 Å². The molecule has 1 saturated heterocycles. The van der Waals surface area contributed by atoms with E-state index in [4.69, 9.17) is 0 Å². The first-order valence-corrected chi connectivity index (χ1v) is 5.75.